The van der Waals surface area contributed by atoms with Crippen molar-refractivity contribution in [2.45, 2.75) is 154 Å². The van der Waals surface area contributed by atoms with Crippen molar-refractivity contribution in [3.05, 3.63) is 222 Å². The van der Waals surface area contributed by atoms with Crippen LogP contribution in [0.2, 0.25) is 0 Å². The number of furan rings is 2. The molecule has 5 heterocycles. The zero-order chi connectivity index (χ0) is 62.5. The fourth-order valence-electron chi connectivity index (χ4n) is 16.7. The van der Waals surface area contributed by atoms with Crippen LogP contribution in [0.5, 0.6) is 11.5 Å². The molecule has 0 aliphatic heterocycles. The second-order valence-corrected chi connectivity index (χ2v) is 30.8. The molecule has 0 saturated heterocycles. The number of fused-ring (bicyclic) bond motifs is 15. The number of ether oxygens (including phenoxy) is 1. The van der Waals surface area contributed by atoms with Crippen molar-refractivity contribution in [1.29, 1.82) is 0 Å². The highest BCUT2D eigenvalue weighted by Crippen LogP contribution is 2.54. The highest BCUT2D eigenvalue weighted by atomic mass is 16.5. The van der Waals surface area contributed by atoms with Gasteiger partial charge in [0.2, 0.25) is 0 Å². The van der Waals surface area contributed by atoms with Crippen LogP contribution in [0.4, 0.5) is 0 Å². The molecule has 0 amide bonds. The zero-order valence-corrected chi connectivity index (χ0v) is 54.6. The fraction of sp³-hybridized carbons (Fsp3) is 0.286. The molecule has 0 saturated carbocycles. The average molecular weight is 1190 g/mol. The van der Waals surface area contributed by atoms with E-state index in [1.807, 2.05) is 6.07 Å². The Kier molecular flexibility index (Phi) is 11.8. The standard InChI is InChI=1S/C84H78N4O3/c1-79(2)39-41-83(9,10)76-61(79)33-35-69-74(76)59-30-27-50(43-71(59)90-69)55-22-18-23-56(51-28-31-60-72(44-51)91-70-36-34-62-77(75(60)70)84(11,12)42-40-80(62,3)4)78(55)87-49-86(66-25-15-16-26-67(66)87)52-19-17-20-53(45-52)89-54-29-32-58-57-21-13-14-24-65(57)88(68(58)46-54)73-47-63-64(48-85-73)82(7,8)38-37-81(63,5)6/h13-36,43-48H,37-42H2,1-12H3. The molecular formula is C84H78N4O3. The van der Waals surface area contributed by atoms with Gasteiger partial charge in [-0.1, -0.05) is 174 Å². The number of nitrogens with zero attached hydrogens (tertiary/aromatic N) is 4. The molecule has 91 heavy (non-hydrogen) atoms. The molecule has 0 radical (unpaired) electrons. The van der Waals surface area contributed by atoms with Crippen molar-refractivity contribution < 1.29 is 18.1 Å². The smallest absolute Gasteiger partial charge is 0.269 e. The molecule has 7 nitrogen and oxygen atoms in total. The minimum atomic E-state index is 0.00769. The molecule has 9 aromatic carbocycles. The van der Waals surface area contributed by atoms with Gasteiger partial charge in [0.1, 0.15) is 39.6 Å². The van der Waals surface area contributed by atoms with Gasteiger partial charge >= 0.3 is 0 Å². The zero-order valence-electron chi connectivity index (χ0n) is 54.6. The van der Waals surface area contributed by atoms with Crippen LogP contribution in [-0.2, 0) is 32.5 Å². The number of hydrogen-bond donors (Lipinski definition) is 0. The Morgan fingerprint density at radius 1 is 0.418 bits per heavy atom. The molecule has 0 N–H and O–H groups in total. The molecule has 0 unspecified atom stereocenters. The number of imidazole rings is 1. The van der Waals surface area contributed by atoms with Gasteiger partial charge in [0.05, 0.1) is 33.4 Å². The quantitative estimate of drug-likeness (QED) is 0.118. The van der Waals surface area contributed by atoms with E-state index >= 15 is 0 Å². The van der Waals surface area contributed by atoms with E-state index in [1.165, 1.54) is 49.5 Å². The summed E-state index contributed by atoms with van der Waals surface area (Å²) in [7, 11) is 0. The van der Waals surface area contributed by atoms with E-state index < -0.39 is 0 Å². The lowest BCUT2D eigenvalue weighted by atomic mass is 9.62. The van der Waals surface area contributed by atoms with E-state index in [1.54, 1.807) is 0 Å². The van der Waals surface area contributed by atoms with Gasteiger partial charge in [-0.15, -0.1) is 0 Å². The van der Waals surface area contributed by atoms with E-state index in [2.05, 4.69) is 279 Å². The molecule has 3 aliphatic carbocycles. The lowest BCUT2D eigenvalue weighted by molar-refractivity contribution is -0.571. The van der Waals surface area contributed by atoms with Crippen molar-refractivity contribution in [3.8, 4) is 50.9 Å². The van der Waals surface area contributed by atoms with Crippen LogP contribution in [-0.4, -0.2) is 14.1 Å². The van der Waals surface area contributed by atoms with Crippen LogP contribution in [0.15, 0.2) is 191 Å². The van der Waals surface area contributed by atoms with Crippen LogP contribution >= 0.6 is 0 Å². The lowest BCUT2D eigenvalue weighted by Crippen LogP contribution is -2.34. The first kappa shape index (κ1) is 55.8. The maximum atomic E-state index is 6.98. The van der Waals surface area contributed by atoms with Crippen molar-refractivity contribution in [1.82, 2.24) is 14.1 Å². The largest absolute Gasteiger partial charge is 0.458 e. The molecule has 17 rings (SSSR count). The highest BCUT2D eigenvalue weighted by Gasteiger charge is 2.42. The van der Waals surface area contributed by atoms with Crippen LogP contribution in [0.1, 0.15) is 155 Å². The SMILES string of the molecule is CC1(C)CCC(C)(C)c2cc(-n3c4ccccc4c4ccc(Oc5cccc(-n6[c-][n+](-c7c(-c8ccc9c(c8)oc8ccc%10c(c89)C(C)(C)CCC%10(C)C)cccc7-c7ccc8c(c7)oc7ccc9c(c78)C(C)(C)CCC9(C)C)c7ccccc76)c5)cc43)ncc21. The molecule has 0 spiro atoms. The van der Waals surface area contributed by atoms with E-state index in [4.69, 9.17) is 18.6 Å². The normalized spacial score (nSPS) is 17.7. The summed E-state index contributed by atoms with van der Waals surface area (Å²) in [6.07, 6.45) is 12.9. The number of hydrogen-bond acceptors (Lipinski definition) is 4. The van der Waals surface area contributed by atoms with Gasteiger partial charge in [-0.2, -0.15) is 0 Å². The molecule has 0 fully saturated rings. The van der Waals surface area contributed by atoms with Gasteiger partial charge < -0.3 is 13.6 Å². The predicted octanol–water partition coefficient (Wildman–Crippen LogP) is 22.2. The first-order valence-corrected chi connectivity index (χ1v) is 33.0. The maximum Gasteiger partial charge on any atom is 0.269 e. The van der Waals surface area contributed by atoms with Crippen LogP contribution < -0.4 is 9.30 Å². The number of para-hydroxylation sites is 4. The minimum absolute atomic E-state index is 0.00769. The topological polar surface area (TPSA) is 62.1 Å². The van der Waals surface area contributed by atoms with Crippen molar-refractivity contribution in [2.24, 2.45) is 0 Å². The summed E-state index contributed by atoms with van der Waals surface area (Å²) in [6.45, 7) is 28.7. The van der Waals surface area contributed by atoms with Crippen LogP contribution in [0, 0.1) is 6.33 Å². The van der Waals surface area contributed by atoms with E-state index in [-0.39, 0.29) is 32.5 Å². The molecule has 5 aromatic heterocycles. The number of benzene rings is 9. The number of pyridine rings is 1. The third-order valence-electron chi connectivity index (χ3n) is 22.2. The highest BCUT2D eigenvalue weighted by molar-refractivity contribution is 6.12. The third-order valence-corrected chi connectivity index (χ3v) is 22.2. The maximum absolute atomic E-state index is 6.98. The Hall–Kier alpha value is -9.20. The molecule has 0 atom stereocenters. The van der Waals surface area contributed by atoms with Crippen molar-refractivity contribution in [2.75, 3.05) is 0 Å². The molecule has 7 heteroatoms. The minimum Gasteiger partial charge on any atom is -0.458 e. The number of aromatic nitrogens is 4. The van der Waals surface area contributed by atoms with Gasteiger partial charge in [-0.25, -0.2) is 4.98 Å². The molecule has 14 aromatic rings. The fourth-order valence-corrected chi connectivity index (χ4v) is 16.7. The molecular weight excluding hydrogens is 1110 g/mol. The van der Waals surface area contributed by atoms with Gasteiger partial charge in [0.15, 0.2) is 0 Å². The second-order valence-electron chi connectivity index (χ2n) is 30.8. The molecule has 452 valence electrons. The average Bonchev–Trinajstić information content (AvgIpc) is 1.69. The summed E-state index contributed by atoms with van der Waals surface area (Å²) in [5.74, 6) is 2.38. The third kappa shape index (κ3) is 8.44. The first-order valence-electron chi connectivity index (χ1n) is 33.0. The van der Waals surface area contributed by atoms with E-state index in [9.17, 15) is 0 Å². The Morgan fingerprint density at radius 3 is 1.56 bits per heavy atom. The van der Waals surface area contributed by atoms with Crippen molar-refractivity contribution in [3.63, 3.8) is 0 Å². The summed E-state index contributed by atoms with van der Waals surface area (Å²) < 4.78 is 27.7. The summed E-state index contributed by atoms with van der Waals surface area (Å²) in [5, 5.41) is 7.14. The Labute approximate surface area is 532 Å². The summed E-state index contributed by atoms with van der Waals surface area (Å²) in [5.41, 5.74) is 22.7. The lowest BCUT2D eigenvalue weighted by Gasteiger charge is -2.42. The second kappa shape index (κ2) is 19.2. The van der Waals surface area contributed by atoms with Crippen LogP contribution in [0.3, 0.4) is 0 Å². The van der Waals surface area contributed by atoms with Gasteiger partial charge in [-0.05, 0) is 206 Å². The van der Waals surface area contributed by atoms with Gasteiger partial charge in [0, 0.05) is 44.6 Å². The Bertz CT molecular complexity index is 5240. The van der Waals surface area contributed by atoms with Gasteiger partial charge in [-0.3, -0.25) is 13.7 Å². The monoisotopic (exact) mass is 1190 g/mol. The van der Waals surface area contributed by atoms with Crippen LogP contribution in [0.25, 0.3) is 116 Å². The van der Waals surface area contributed by atoms with Gasteiger partial charge in [0.25, 0.3) is 6.33 Å². The first-order chi connectivity index (χ1) is 43.5. The Morgan fingerprint density at radius 2 is 0.934 bits per heavy atom. The molecule has 0 bridgehead atoms. The summed E-state index contributed by atoms with van der Waals surface area (Å²) in [4.78, 5) is 5.24. The van der Waals surface area contributed by atoms with E-state index in [0.29, 0.717) is 5.75 Å². The summed E-state index contributed by atoms with van der Waals surface area (Å²) >= 11 is 0. The van der Waals surface area contributed by atoms with E-state index in [0.717, 1.165) is 144 Å². The predicted molar refractivity (Wildman–Crippen MR) is 374 cm³/mol. The Balaban J connectivity index is 0.817. The number of rotatable bonds is 7. The summed E-state index contributed by atoms with van der Waals surface area (Å²) in [6, 6.07) is 64.1. The molecule has 3 aliphatic rings. The van der Waals surface area contributed by atoms with Crippen molar-refractivity contribution >= 4 is 76.7 Å².